The average Bonchev–Trinajstić information content (AvgIpc) is 3.03. The van der Waals surface area contributed by atoms with Gasteiger partial charge in [0.15, 0.2) is 5.16 Å². The van der Waals surface area contributed by atoms with Crippen LogP contribution < -0.4 is 10.1 Å². The number of imidazole rings is 1. The number of aromatic nitrogens is 2. The molecule has 2 aromatic carbocycles. The fraction of sp³-hybridized carbons (Fsp3) is 0.167. The number of rotatable bonds is 5. The molecule has 0 unspecified atom stereocenters. The maximum atomic E-state index is 12.3. The Labute approximate surface area is 149 Å². The van der Waals surface area contributed by atoms with Crippen LogP contribution >= 0.6 is 11.8 Å². The van der Waals surface area contributed by atoms with E-state index in [1.807, 2.05) is 31.2 Å². The van der Waals surface area contributed by atoms with Gasteiger partial charge in [-0.15, -0.1) is 0 Å². The first-order chi connectivity index (χ1) is 12.1. The standard InChI is InChI=1S/C18H16N4O2S/c1-11(17(23)20-13-5-3-12(10-19)4-6-13)25-18-21-15-8-7-14(24-2)9-16(15)22-18/h3-9,11H,1-2H3,(H,20,23)(H,21,22)/t11-/m1/s1. The van der Waals surface area contributed by atoms with Gasteiger partial charge in [-0.1, -0.05) is 11.8 Å². The van der Waals surface area contributed by atoms with E-state index in [2.05, 4.69) is 15.3 Å². The summed E-state index contributed by atoms with van der Waals surface area (Å²) in [5.41, 5.74) is 2.90. The summed E-state index contributed by atoms with van der Waals surface area (Å²) in [7, 11) is 1.61. The van der Waals surface area contributed by atoms with Crippen LogP contribution in [0, 0.1) is 11.3 Å². The number of carbonyl (C=O) groups excluding carboxylic acids is 1. The molecule has 0 bridgehead atoms. The van der Waals surface area contributed by atoms with Gasteiger partial charge in [-0.25, -0.2) is 4.98 Å². The minimum atomic E-state index is -0.335. The molecule has 126 valence electrons. The van der Waals surface area contributed by atoms with Gasteiger partial charge in [0.2, 0.25) is 5.91 Å². The zero-order valence-electron chi connectivity index (χ0n) is 13.7. The van der Waals surface area contributed by atoms with Crippen LogP contribution in [0.2, 0.25) is 0 Å². The summed E-state index contributed by atoms with van der Waals surface area (Å²) in [6.45, 7) is 1.82. The van der Waals surface area contributed by atoms with E-state index in [0.717, 1.165) is 16.8 Å². The molecule has 2 N–H and O–H groups in total. The predicted molar refractivity (Wildman–Crippen MR) is 97.8 cm³/mol. The van der Waals surface area contributed by atoms with Crippen LogP contribution in [0.25, 0.3) is 11.0 Å². The molecule has 0 radical (unpaired) electrons. The number of fused-ring (bicyclic) bond motifs is 1. The number of thioether (sulfide) groups is 1. The average molecular weight is 352 g/mol. The second kappa shape index (κ2) is 7.28. The Kier molecular flexibility index (Phi) is 4.91. The van der Waals surface area contributed by atoms with Crippen LogP contribution in [-0.4, -0.2) is 28.2 Å². The van der Waals surface area contributed by atoms with E-state index in [4.69, 9.17) is 10.00 Å². The van der Waals surface area contributed by atoms with Gasteiger partial charge >= 0.3 is 0 Å². The second-order valence-corrected chi connectivity index (χ2v) is 6.69. The highest BCUT2D eigenvalue weighted by Gasteiger charge is 2.17. The first-order valence-corrected chi connectivity index (χ1v) is 8.48. The molecular weight excluding hydrogens is 336 g/mol. The molecular formula is C18H16N4O2S. The lowest BCUT2D eigenvalue weighted by Gasteiger charge is -2.10. The molecule has 0 aliphatic carbocycles. The summed E-state index contributed by atoms with van der Waals surface area (Å²) in [6, 6.07) is 14.4. The van der Waals surface area contributed by atoms with Crippen LogP contribution in [0.3, 0.4) is 0 Å². The Hall–Kier alpha value is -2.98. The van der Waals surface area contributed by atoms with E-state index in [-0.39, 0.29) is 11.2 Å². The number of aromatic amines is 1. The molecule has 1 atom stereocenters. The van der Waals surface area contributed by atoms with Crippen LogP contribution in [-0.2, 0) is 4.79 Å². The number of nitrogens with one attached hydrogen (secondary N) is 2. The number of carbonyl (C=O) groups is 1. The van der Waals surface area contributed by atoms with Crippen molar-refractivity contribution in [3.05, 3.63) is 48.0 Å². The lowest BCUT2D eigenvalue weighted by Crippen LogP contribution is -2.22. The Morgan fingerprint density at radius 1 is 1.32 bits per heavy atom. The second-order valence-electron chi connectivity index (χ2n) is 5.36. The smallest absolute Gasteiger partial charge is 0.237 e. The first kappa shape index (κ1) is 16.9. The van der Waals surface area contributed by atoms with Crippen molar-refractivity contribution in [1.82, 2.24) is 9.97 Å². The maximum Gasteiger partial charge on any atom is 0.237 e. The summed E-state index contributed by atoms with van der Waals surface area (Å²) in [5, 5.41) is 12.0. The van der Waals surface area contributed by atoms with E-state index in [1.165, 1.54) is 11.8 Å². The fourth-order valence-corrected chi connectivity index (χ4v) is 3.06. The summed E-state index contributed by atoms with van der Waals surface area (Å²) < 4.78 is 5.19. The number of nitrogens with zero attached hydrogens (tertiary/aromatic N) is 2. The fourth-order valence-electron chi connectivity index (χ4n) is 2.24. The highest BCUT2D eigenvalue weighted by atomic mass is 32.2. The highest BCUT2D eigenvalue weighted by molar-refractivity contribution is 8.00. The third kappa shape index (κ3) is 3.92. The van der Waals surface area contributed by atoms with Crippen molar-refractivity contribution < 1.29 is 9.53 Å². The first-order valence-electron chi connectivity index (χ1n) is 7.60. The number of nitriles is 1. The van der Waals surface area contributed by atoms with Crippen molar-refractivity contribution in [2.45, 2.75) is 17.3 Å². The van der Waals surface area contributed by atoms with E-state index in [9.17, 15) is 4.79 Å². The number of benzene rings is 2. The van der Waals surface area contributed by atoms with Crippen LogP contribution in [0.15, 0.2) is 47.6 Å². The van der Waals surface area contributed by atoms with Crippen molar-refractivity contribution in [3.63, 3.8) is 0 Å². The van der Waals surface area contributed by atoms with Crippen molar-refractivity contribution in [2.75, 3.05) is 12.4 Å². The Morgan fingerprint density at radius 3 is 2.76 bits per heavy atom. The summed E-state index contributed by atoms with van der Waals surface area (Å²) >= 11 is 1.35. The molecule has 1 aromatic heterocycles. The quantitative estimate of drug-likeness (QED) is 0.685. The molecule has 6 nitrogen and oxygen atoms in total. The highest BCUT2D eigenvalue weighted by Crippen LogP contribution is 2.26. The largest absolute Gasteiger partial charge is 0.497 e. The number of ether oxygens (including phenoxy) is 1. The van der Waals surface area contributed by atoms with Gasteiger partial charge in [0.25, 0.3) is 0 Å². The minimum Gasteiger partial charge on any atom is -0.497 e. The zero-order valence-corrected chi connectivity index (χ0v) is 14.6. The zero-order chi connectivity index (χ0) is 17.8. The van der Waals surface area contributed by atoms with E-state index in [0.29, 0.717) is 16.4 Å². The molecule has 0 fully saturated rings. The molecule has 1 amide bonds. The third-order valence-electron chi connectivity index (χ3n) is 3.61. The Bertz CT molecular complexity index is 944. The monoisotopic (exact) mass is 352 g/mol. The predicted octanol–water partition coefficient (Wildman–Crippen LogP) is 3.56. The molecule has 3 rings (SSSR count). The van der Waals surface area contributed by atoms with Gasteiger partial charge < -0.3 is 15.0 Å². The SMILES string of the molecule is COc1ccc2nc(S[C@H](C)C(=O)Nc3ccc(C#N)cc3)[nH]c2c1. The molecule has 0 saturated heterocycles. The molecule has 7 heteroatoms. The van der Waals surface area contributed by atoms with E-state index < -0.39 is 0 Å². The lowest BCUT2D eigenvalue weighted by atomic mass is 10.2. The third-order valence-corrected chi connectivity index (χ3v) is 4.59. The van der Waals surface area contributed by atoms with Crippen LogP contribution in [0.4, 0.5) is 5.69 Å². The molecule has 1 heterocycles. The normalized spacial score (nSPS) is 11.7. The summed E-state index contributed by atoms with van der Waals surface area (Å²) in [5.74, 6) is 0.618. The van der Waals surface area contributed by atoms with Crippen molar-refractivity contribution in [1.29, 1.82) is 5.26 Å². The molecule has 3 aromatic rings. The number of methoxy groups -OCH3 is 1. The Morgan fingerprint density at radius 2 is 2.08 bits per heavy atom. The van der Waals surface area contributed by atoms with Crippen molar-refractivity contribution in [3.8, 4) is 11.8 Å². The Balaban J connectivity index is 1.67. The molecule has 25 heavy (non-hydrogen) atoms. The molecule has 0 spiro atoms. The number of hydrogen-bond acceptors (Lipinski definition) is 5. The molecule has 0 aliphatic heterocycles. The summed E-state index contributed by atoms with van der Waals surface area (Å²) in [6.07, 6.45) is 0. The summed E-state index contributed by atoms with van der Waals surface area (Å²) in [4.78, 5) is 20.0. The van der Waals surface area contributed by atoms with Crippen molar-refractivity contribution >= 4 is 34.4 Å². The molecule has 0 saturated carbocycles. The van der Waals surface area contributed by atoms with Gasteiger partial charge in [0, 0.05) is 11.8 Å². The number of amides is 1. The van der Waals surface area contributed by atoms with Crippen LogP contribution in [0.1, 0.15) is 12.5 Å². The topological polar surface area (TPSA) is 90.8 Å². The number of H-pyrrole nitrogens is 1. The van der Waals surface area contributed by atoms with Gasteiger partial charge in [-0.2, -0.15) is 5.26 Å². The van der Waals surface area contributed by atoms with Crippen LogP contribution in [0.5, 0.6) is 5.75 Å². The van der Waals surface area contributed by atoms with E-state index in [1.54, 1.807) is 31.4 Å². The number of hydrogen-bond donors (Lipinski definition) is 2. The van der Waals surface area contributed by atoms with Gasteiger partial charge in [-0.3, -0.25) is 4.79 Å². The van der Waals surface area contributed by atoms with Gasteiger partial charge in [0.05, 0.1) is 35.0 Å². The van der Waals surface area contributed by atoms with Gasteiger partial charge in [0.1, 0.15) is 5.75 Å². The van der Waals surface area contributed by atoms with Crippen molar-refractivity contribution in [2.24, 2.45) is 0 Å². The van der Waals surface area contributed by atoms with Gasteiger partial charge in [-0.05, 0) is 43.3 Å². The number of anilines is 1. The van der Waals surface area contributed by atoms with E-state index >= 15 is 0 Å². The lowest BCUT2D eigenvalue weighted by molar-refractivity contribution is -0.115. The molecule has 0 aliphatic rings. The maximum absolute atomic E-state index is 12.3. The minimum absolute atomic E-state index is 0.132.